The van der Waals surface area contributed by atoms with Gasteiger partial charge in [-0.15, -0.1) is 0 Å². The number of esters is 2. The molecule has 3 heteroatoms. The molecule has 2 aliphatic rings. The third-order valence-corrected chi connectivity index (χ3v) is 3.37. The van der Waals surface area contributed by atoms with Gasteiger partial charge in [0.15, 0.2) is 0 Å². The van der Waals surface area contributed by atoms with Gasteiger partial charge in [-0.05, 0) is 24.7 Å². The summed E-state index contributed by atoms with van der Waals surface area (Å²) < 4.78 is 4.57. The zero-order chi connectivity index (χ0) is 9.64. The van der Waals surface area contributed by atoms with Crippen LogP contribution in [0.2, 0.25) is 0 Å². The topological polar surface area (TPSA) is 43.4 Å². The van der Waals surface area contributed by atoms with Crippen molar-refractivity contribution in [2.24, 2.45) is 17.3 Å². The highest BCUT2D eigenvalue weighted by Crippen LogP contribution is 2.54. The third-order valence-electron chi connectivity index (χ3n) is 3.37. The summed E-state index contributed by atoms with van der Waals surface area (Å²) in [7, 11) is 0. The Hall–Kier alpha value is -0.860. The van der Waals surface area contributed by atoms with Crippen LogP contribution < -0.4 is 0 Å². The lowest BCUT2D eigenvalue weighted by Crippen LogP contribution is -2.42. The van der Waals surface area contributed by atoms with Crippen LogP contribution in [0.3, 0.4) is 0 Å². The molecule has 3 nitrogen and oxygen atoms in total. The molecule has 13 heavy (non-hydrogen) atoms. The quantitative estimate of drug-likeness (QED) is 0.456. The molecule has 0 bridgehead atoms. The molecule has 0 N–H and O–H groups in total. The van der Waals surface area contributed by atoms with E-state index in [1.54, 1.807) is 0 Å². The van der Waals surface area contributed by atoms with Gasteiger partial charge in [-0.3, -0.25) is 9.59 Å². The number of hydrogen-bond donors (Lipinski definition) is 0. The largest absolute Gasteiger partial charge is 0.393 e. The normalized spacial score (nSPS) is 38.2. The van der Waals surface area contributed by atoms with Crippen molar-refractivity contribution in [2.45, 2.75) is 33.1 Å². The maximum Gasteiger partial charge on any atom is 0.320 e. The predicted octanol–water partition coefficient (Wildman–Crippen LogP) is 1.51. The second-order valence-corrected chi connectivity index (χ2v) is 4.63. The predicted molar refractivity (Wildman–Crippen MR) is 45.7 cm³/mol. The number of carbonyl (C=O) groups excluding carboxylic acids is 2. The summed E-state index contributed by atoms with van der Waals surface area (Å²) in [5.74, 6) is 0.578. The van der Waals surface area contributed by atoms with Crippen molar-refractivity contribution >= 4 is 11.9 Å². The van der Waals surface area contributed by atoms with Crippen LogP contribution in [0.1, 0.15) is 33.1 Å². The van der Waals surface area contributed by atoms with Gasteiger partial charge in [0, 0.05) is 0 Å². The van der Waals surface area contributed by atoms with E-state index in [1.807, 2.05) is 0 Å². The molecule has 0 radical (unpaired) electrons. The van der Waals surface area contributed by atoms with E-state index >= 15 is 0 Å². The molecular formula is C10H14O3. The average molecular weight is 182 g/mol. The standard InChI is InChI=1S/C10H14O3/c1-6(2)7-3-10(4-7)5-8(11)13-9(10)12/h6-7H,3-5H2,1-2H3. The molecule has 0 unspecified atom stereocenters. The van der Waals surface area contributed by atoms with Crippen LogP contribution in [0.15, 0.2) is 0 Å². The van der Waals surface area contributed by atoms with E-state index in [0.29, 0.717) is 18.3 Å². The van der Waals surface area contributed by atoms with Gasteiger partial charge in [0.05, 0.1) is 11.8 Å². The maximum atomic E-state index is 11.3. The molecule has 1 saturated carbocycles. The number of hydrogen-bond acceptors (Lipinski definition) is 3. The highest BCUT2D eigenvalue weighted by Gasteiger charge is 2.57. The van der Waals surface area contributed by atoms with E-state index in [-0.39, 0.29) is 11.9 Å². The number of cyclic esters (lactones) is 2. The molecule has 0 amide bonds. The molecule has 72 valence electrons. The molecule has 0 aromatic heterocycles. The Kier molecular flexibility index (Phi) is 1.72. The molecule has 1 aliphatic carbocycles. The minimum absolute atomic E-state index is 0.283. The van der Waals surface area contributed by atoms with Gasteiger partial charge in [0.25, 0.3) is 0 Å². The number of ether oxygens (including phenoxy) is 1. The second-order valence-electron chi connectivity index (χ2n) is 4.63. The van der Waals surface area contributed by atoms with Gasteiger partial charge in [-0.2, -0.15) is 0 Å². The van der Waals surface area contributed by atoms with E-state index in [9.17, 15) is 9.59 Å². The average Bonchev–Trinajstić information content (AvgIpc) is 2.21. The third kappa shape index (κ3) is 1.18. The summed E-state index contributed by atoms with van der Waals surface area (Å²) in [6, 6.07) is 0. The first kappa shape index (κ1) is 8.73. The summed E-state index contributed by atoms with van der Waals surface area (Å²) in [6.45, 7) is 4.30. The van der Waals surface area contributed by atoms with Crippen LogP contribution in [-0.4, -0.2) is 11.9 Å². The van der Waals surface area contributed by atoms with Crippen molar-refractivity contribution in [1.29, 1.82) is 0 Å². The fourth-order valence-corrected chi connectivity index (χ4v) is 2.32. The van der Waals surface area contributed by atoms with E-state index in [1.165, 1.54) is 0 Å². The van der Waals surface area contributed by atoms with Crippen LogP contribution in [0.5, 0.6) is 0 Å². The van der Waals surface area contributed by atoms with Crippen LogP contribution in [0.25, 0.3) is 0 Å². The fraction of sp³-hybridized carbons (Fsp3) is 0.800. The smallest absolute Gasteiger partial charge is 0.320 e. The minimum atomic E-state index is -0.411. The van der Waals surface area contributed by atoms with Crippen molar-refractivity contribution in [3.05, 3.63) is 0 Å². The molecule has 1 spiro atoms. The number of carbonyl (C=O) groups is 2. The first-order chi connectivity index (χ1) is 6.03. The SMILES string of the molecule is CC(C)C1CC2(CC(=O)OC2=O)C1. The molecule has 0 aromatic carbocycles. The van der Waals surface area contributed by atoms with Crippen LogP contribution >= 0.6 is 0 Å². The molecule has 2 rings (SSSR count). The van der Waals surface area contributed by atoms with E-state index < -0.39 is 5.41 Å². The van der Waals surface area contributed by atoms with Crippen molar-refractivity contribution < 1.29 is 14.3 Å². The van der Waals surface area contributed by atoms with Gasteiger partial charge in [-0.1, -0.05) is 13.8 Å². The Labute approximate surface area is 77.4 Å². The lowest BCUT2D eigenvalue weighted by molar-refractivity contribution is -0.159. The molecule has 0 atom stereocenters. The first-order valence-corrected chi connectivity index (χ1v) is 4.79. The zero-order valence-electron chi connectivity index (χ0n) is 8.00. The Morgan fingerprint density at radius 3 is 2.38 bits per heavy atom. The van der Waals surface area contributed by atoms with E-state index in [0.717, 1.165) is 12.8 Å². The van der Waals surface area contributed by atoms with E-state index in [4.69, 9.17) is 0 Å². The van der Waals surface area contributed by atoms with Crippen molar-refractivity contribution in [3.8, 4) is 0 Å². The molecule has 1 aliphatic heterocycles. The molecule has 0 aromatic rings. The van der Waals surface area contributed by atoms with Crippen molar-refractivity contribution in [1.82, 2.24) is 0 Å². The van der Waals surface area contributed by atoms with Crippen LogP contribution in [-0.2, 0) is 14.3 Å². The van der Waals surface area contributed by atoms with Gasteiger partial charge in [0.2, 0.25) is 0 Å². The molecule has 1 saturated heterocycles. The summed E-state index contributed by atoms with van der Waals surface area (Å²) >= 11 is 0. The monoisotopic (exact) mass is 182 g/mol. The van der Waals surface area contributed by atoms with Gasteiger partial charge >= 0.3 is 11.9 Å². The van der Waals surface area contributed by atoms with Crippen LogP contribution in [0, 0.1) is 17.3 Å². The Morgan fingerprint density at radius 1 is 1.38 bits per heavy atom. The first-order valence-electron chi connectivity index (χ1n) is 4.79. The Morgan fingerprint density at radius 2 is 2.00 bits per heavy atom. The van der Waals surface area contributed by atoms with Crippen molar-refractivity contribution in [3.63, 3.8) is 0 Å². The summed E-state index contributed by atoms with van der Waals surface area (Å²) in [4.78, 5) is 22.2. The molecule has 2 fully saturated rings. The minimum Gasteiger partial charge on any atom is -0.393 e. The van der Waals surface area contributed by atoms with Crippen LogP contribution in [0.4, 0.5) is 0 Å². The Bertz CT molecular complexity index is 261. The lowest BCUT2D eigenvalue weighted by Gasteiger charge is -2.43. The lowest BCUT2D eigenvalue weighted by atomic mass is 9.58. The highest BCUT2D eigenvalue weighted by atomic mass is 16.6. The fourth-order valence-electron chi connectivity index (χ4n) is 2.32. The van der Waals surface area contributed by atoms with Gasteiger partial charge < -0.3 is 4.74 Å². The van der Waals surface area contributed by atoms with Gasteiger partial charge in [-0.25, -0.2) is 0 Å². The zero-order valence-corrected chi connectivity index (χ0v) is 8.00. The Balaban J connectivity index is 2.03. The van der Waals surface area contributed by atoms with Gasteiger partial charge in [0.1, 0.15) is 0 Å². The number of rotatable bonds is 1. The summed E-state index contributed by atoms with van der Waals surface area (Å²) in [6.07, 6.45) is 2.00. The molecule has 1 heterocycles. The summed E-state index contributed by atoms with van der Waals surface area (Å²) in [5, 5.41) is 0. The maximum absolute atomic E-state index is 11.3. The van der Waals surface area contributed by atoms with Crippen molar-refractivity contribution in [2.75, 3.05) is 0 Å². The summed E-state index contributed by atoms with van der Waals surface area (Å²) in [5.41, 5.74) is -0.411. The second kappa shape index (κ2) is 2.56. The molecular weight excluding hydrogens is 168 g/mol. The highest BCUT2D eigenvalue weighted by molar-refractivity contribution is 5.98. The van der Waals surface area contributed by atoms with E-state index in [2.05, 4.69) is 18.6 Å².